The standard InChI is InChI=1S/C25H25N5O2S/c1-28-25(30-29-18-11-6-3-7-12-18)31-16-21(17-9-4-2-5-10-17)32-20-13-8-14-22-19(20)15-23(33-22)24(26)27/h2-15,21,29H,16H2,1H3,(H3,26,27)(H,28,30). The van der Waals surface area contributed by atoms with E-state index in [0.29, 0.717) is 16.6 Å². The van der Waals surface area contributed by atoms with Crippen molar-refractivity contribution in [1.29, 1.82) is 5.41 Å². The van der Waals surface area contributed by atoms with Crippen molar-refractivity contribution in [2.24, 2.45) is 10.8 Å². The van der Waals surface area contributed by atoms with Gasteiger partial charge in [-0.15, -0.1) is 16.4 Å². The number of anilines is 1. The van der Waals surface area contributed by atoms with E-state index < -0.39 is 0 Å². The minimum absolute atomic E-state index is 0.0471. The summed E-state index contributed by atoms with van der Waals surface area (Å²) in [7, 11) is 1.75. The molecule has 0 saturated heterocycles. The number of rotatable bonds is 8. The predicted octanol–water partition coefficient (Wildman–Crippen LogP) is 4.92. The molecule has 168 valence electrons. The highest BCUT2D eigenvalue weighted by molar-refractivity contribution is 7.20. The summed E-state index contributed by atoms with van der Waals surface area (Å²) in [6.45, 7) is 0.236. The summed E-state index contributed by atoms with van der Waals surface area (Å²) in [6, 6.07) is 27.6. The molecule has 0 bridgehead atoms. The van der Waals surface area contributed by atoms with Gasteiger partial charge in [0.05, 0.1) is 10.6 Å². The number of fused-ring (bicyclic) bond motifs is 1. The molecule has 1 atom stereocenters. The molecule has 0 aliphatic carbocycles. The lowest BCUT2D eigenvalue weighted by molar-refractivity contribution is 0.121. The van der Waals surface area contributed by atoms with Crippen LogP contribution in [0.1, 0.15) is 16.5 Å². The fourth-order valence-electron chi connectivity index (χ4n) is 3.23. The van der Waals surface area contributed by atoms with Crippen LogP contribution in [0.3, 0.4) is 0 Å². The Labute approximate surface area is 196 Å². The summed E-state index contributed by atoms with van der Waals surface area (Å²) in [5.41, 5.74) is 10.5. The van der Waals surface area contributed by atoms with Gasteiger partial charge in [0.2, 0.25) is 0 Å². The SMILES string of the molecule is CN/C(=N\Nc1ccccc1)OCC(Oc1cccc2sc(C(=N)N)cc12)c1ccccc1. The maximum atomic E-state index is 7.75. The molecule has 4 aromatic rings. The Morgan fingerprint density at radius 3 is 2.45 bits per heavy atom. The van der Waals surface area contributed by atoms with Crippen LogP contribution in [0, 0.1) is 5.41 Å². The molecule has 0 fully saturated rings. The van der Waals surface area contributed by atoms with Crippen LogP contribution >= 0.6 is 11.3 Å². The van der Waals surface area contributed by atoms with Crippen LogP contribution in [0.5, 0.6) is 5.75 Å². The molecular weight excluding hydrogens is 434 g/mol. The predicted molar refractivity (Wildman–Crippen MR) is 135 cm³/mol. The van der Waals surface area contributed by atoms with Crippen molar-refractivity contribution < 1.29 is 9.47 Å². The number of nitrogens with two attached hydrogens (primary N) is 1. The minimum atomic E-state index is -0.382. The zero-order valence-electron chi connectivity index (χ0n) is 18.1. The number of hydrogen-bond acceptors (Lipinski definition) is 6. The maximum Gasteiger partial charge on any atom is 0.306 e. The van der Waals surface area contributed by atoms with Crippen LogP contribution in [-0.2, 0) is 4.74 Å². The third-order valence-corrected chi connectivity index (χ3v) is 6.01. The molecule has 1 heterocycles. The molecule has 0 saturated carbocycles. The van der Waals surface area contributed by atoms with E-state index in [1.807, 2.05) is 84.9 Å². The summed E-state index contributed by atoms with van der Waals surface area (Å²) in [6.07, 6.45) is -0.382. The minimum Gasteiger partial charge on any atom is -0.481 e. The summed E-state index contributed by atoms with van der Waals surface area (Å²) in [5.74, 6) is 0.755. The highest BCUT2D eigenvalue weighted by Crippen LogP contribution is 2.35. The Balaban J connectivity index is 1.55. The number of hydrazone groups is 1. The first kappa shape index (κ1) is 22.2. The zero-order chi connectivity index (χ0) is 23.0. The molecule has 33 heavy (non-hydrogen) atoms. The van der Waals surface area contributed by atoms with Crippen LogP contribution in [-0.4, -0.2) is 25.5 Å². The van der Waals surface area contributed by atoms with Crippen LogP contribution in [0.15, 0.2) is 90.0 Å². The van der Waals surface area contributed by atoms with Gasteiger partial charge in [0, 0.05) is 17.1 Å². The van der Waals surface area contributed by atoms with Gasteiger partial charge in [-0.2, -0.15) is 0 Å². The average molecular weight is 460 g/mol. The average Bonchev–Trinajstić information content (AvgIpc) is 3.30. The lowest BCUT2D eigenvalue weighted by atomic mass is 10.1. The second-order valence-electron chi connectivity index (χ2n) is 7.17. The summed E-state index contributed by atoms with van der Waals surface area (Å²) in [4.78, 5) is 0.713. The van der Waals surface area contributed by atoms with E-state index in [-0.39, 0.29) is 18.5 Å². The van der Waals surface area contributed by atoms with Gasteiger partial charge in [0.1, 0.15) is 18.2 Å². The first-order chi connectivity index (χ1) is 16.1. The fraction of sp³-hybridized carbons (Fsp3) is 0.120. The summed E-state index contributed by atoms with van der Waals surface area (Å²) < 4.78 is 13.4. The van der Waals surface area contributed by atoms with Crippen LogP contribution < -0.4 is 21.2 Å². The Morgan fingerprint density at radius 2 is 1.76 bits per heavy atom. The van der Waals surface area contributed by atoms with E-state index in [9.17, 15) is 0 Å². The van der Waals surface area contributed by atoms with Crippen LogP contribution in [0.25, 0.3) is 10.1 Å². The molecule has 7 nitrogen and oxygen atoms in total. The molecule has 0 amide bonds. The lowest BCUT2D eigenvalue weighted by Crippen LogP contribution is -2.27. The van der Waals surface area contributed by atoms with Crippen molar-refractivity contribution in [2.75, 3.05) is 19.1 Å². The van der Waals surface area contributed by atoms with Crippen LogP contribution in [0.4, 0.5) is 5.69 Å². The molecule has 1 aromatic heterocycles. The number of thiophene rings is 1. The monoisotopic (exact) mass is 459 g/mol. The Kier molecular flexibility index (Phi) is 7.06. The van der Waals surface area contributed by atoms with Gasteiger partial charge in [-0.05, 0) is 35.9 Å². The van der Waals surface area contributed by atoms with Gasteiger partial charge in [0.15, 0.2) is 6.10 Å². The zero-order valence-corrected chi connectivity index (χ0v) is 18.9. The number of ether oxygens (including phenoxy) is 2. The smallest absolute Gasteiger partial charge is 0.306 e. The van der Waals surface area contributed by atoms with Crippen molar-refractivity contribution in [3.05, 3.63) is 95.4 Å². The second-order valence-corrected chi connectivity index (χ2v) is 8.25. The fourth-order valence-corrected chi connectivity index (χ4v) is 4.17. The molecule has 1 unspecified atom stereocenters. The molecule has 3 aromatic carbocycles. The number of amidine groups is 2. The molecule has 0 radical (unpaired) electrons. The van der Waals surface area contributed by atoms with Crippen molar-refractivity contribution in [3.8, 4) is 5.75 Å². The normalized spacial score (nSPS) is 12.2. The molecule has 5 N–H and O–H groups in total. The van der Waals surface area contributed by atoms with Gasteiger partial charge in [-0.1, -0.05) is 54.6 Å². The molecule has 8 heteroatoms. The van der Waals surface area contributed by atoms with Crippen molar-refractivity contribution in [3.63, 3.8) is 0 Å². The molecule has 4 rings (SSSR count). The van der Waals surface area contributed by atoms with Gasteiger partial charge in [-0.25, -0.2) is 0 Å². The topological polar surface area (TPSA) is 105 Å². The molecular formula is C25H25N5O2S. The number of nitrogen functional groups attached to an aromatic ring is 1. The van der Waals surface area contributed by atoms with Crippen molar-refractivity contribution in [1.82, 2.24) is 5.32 Å². The van der Waals surface area contributed by atoms with Gasteiger partial charge in [0.25, 0.3) is 0 Å². The lowest BCUT2D eigenvalue weighted by Gasteiger charge is -2.21. The van der Waals surface area contributed by atoms with E-state index in [1.54, 1.807) is 7.05 Å². The molecule has 0 aliphatic heterocycles. The van der Waals surface area contributed by atoms with E-state index >= 15 is 0 Å². The first-order valence-corrected chi connectivity index (χ1v) is 11.2. The number of nitrogens with one attached hydrogen (secondary N) is 3. The van der Waals surface area contributed by atoms with Gasteiger partial charge in [-0.3, -0.25) is 10.8 Å². The summed E-state index contributed by atoms with van der Waals surface area (Å²) >= 11 is 1.47. The molecule has 0 aliphatic rings. The van der Waals surface area contributed by atoms with E-state index in [4.69, 9.17) is 20.6 Å². The number of benzene rings is 3. The highest BCUT2D eigenvalue weighted by atomic mass is 32.1. The van der Waals surface area contributed by atoms with Crippen LogP contribution in [0.2, 0.25) is 0 Å². The Hall–Kier alpha value is -4.04. The van der Waals surface area contributed by atoms with E-state index in [2.05, 4.69) is 15.8 Å². The number of para-hydroxylation sites is 1. The van der Waals surface area contributed by atoms with Crippen molar-refractivity contribution >= 4 is 39.0 Å². The highest BCUT2D eigenvalue weighted by Gasteiger charge is 2.18. The third-order valence-electron chi connectivity index (χ3n) is 4.87. The Bertz CT molecular complexity index is 1240. The third kappa shape index (κ3) is 5.61. The van der Waals surface area contributed by atoms with Crippen molar-refractivity contribution in [2.45, 2.75) is 6.10 Å². The number of hydrogen-bond donors (Lipinski definition) is 4. The van der Waals surface area contributed by atoms with Gasteiger partial charge < -0.3 is 20.5 Å². The van der Waals surface area contributed by atoms with Gasteiger partial charge >= 0.3 is 6.02 Å². The first-order valence-electron chi connectivity index (χ1n) is 10.4. The Morgan fingerprint density at radius 1 is 1.03 bits per heavy atom. The largest absolute Gasteiger partial charge is 0.481 e. The number of nitrogens with zero attached hydrogens (tertiary/aromatic N) is 1. The van der Waals surface area contributed by atoms with E-state index in [0.717, 1.165) is 21.3 Å². The summed E-state index contributed by atoms with van der Waals surface area (Å²) in [5, 5.41) is 15.9. The molecule has 0 spiro atoms. The maximum absolute atomic E-state index is 7.75. The van der Waals surface area contributed by atoms with E-state index in [1.165, 1.54) is 11.3 Å². The quantitative estimate of drug-likeness (QED) is 0.170. The second kappa shape index (κ2) is 10.5.